The highest BCUT2D eigenvalue weighted by atomic mass is 14.6. The lowest BCUT2D eigenvalue weighted by Crippen LogP contribution is -1.68. The zero-order chi connectivity index (χ0) is 6.24. The van der Waals surface area contributed by atoms with Crippen LogP contribution in [-0.2, 0) is 0 Å². The molecule has 0 aromatic carbocycles. The molecule has 0 saturated heterocycles. The Labute approximate surface area is 50.8 Å². The molecule has 0 aliphatic carbocycles. The van der Waals surface area contributed by atoms with Crippen molar-refractivity contribution >= 4 is 0 Å². The topological polar surface area (TPSA) is 4.36 Å². The Kier molecular flexibility index (Phi) is 5.63. The van der Waals surface area contributed by atoms with Crippen molar-refractivity contribution < 1.29 is 0 Å². The largest absolute Gasteiger partial charge is 0.317 e. The fraction of sp³-hybridized carbons (Fsp3) is 0.571. The van der Waals surface area contributed by atoms with E-state index in [-0.39, 0.29) is 0 Å². The van der Waals surface area contributed by atoms with Gasteiger partial charge in [-0.3, -0.25) is 0 Å². The van der Waals surface area contributed by atoms with E-state index in [1.54, 1.807) is 0 Å². The second-order valence-electron chi connectivity index (χ2n) is 1.55. The molecule has 0 heterocycles. The van der Waals surface area contributed by atoms with Gasteiger partial charge >= 0.3 is 0 Å². The summed E-state index contributed by atoms with van der Waals surface area (Å²) in [5.41, 5.74) is 0. The molecule has 0 aromatic heterocycles. The average Bonchev–Trinajstić information content (AvgIpc) is 1.81. The molecule has 0 radical (unpaired) electrons. The van der Waals surface area contributed by atoms with E-state index in [2.05, 4.69) is 23.9 Å². The summed E-state index contributed by atoms with van der Waals surface area (Å²) < 4.78 is 0. The molecular weight excluding hydrogens is 98.1 g/mol. The second-order valence-corrected chi connectivity index (χ2v) is 1.55. The Balaban J connectivity index is 2.94. The molecule has 0 aromatic rings. The highest BCUT2D eigenvalue weighted by Crippen LogP contribution is 1.85. The molecule has 0 N–H and O–H groups in total. The van der Waals surface area contributed by atoms with Crippen LogP contribution in [0.1, 0.15) is 19.8 Å². The Hall–Kier alpha value is -0.770. The van der Waals surface area contributed by atoms with E-state index in [0.717, 1.165) is 12.8 Å². The van der Waals surface area contributed by atoms with Gasteiger partial charge in [-0.1, -0.05) is 19.1 Å². The molecule has 0 aliphatic heterocycles. The van der Waals surface area contributed by atoms with Gasteiger partial charge in [0.05, 0.1) is 0 Å². The van der Waals surface area contributed by atoms with Gasteiger partial charge in [0, 0.05) is 6.42 Å². The maximum absolute atomic E-state index is 6.43. The molecule has 0 unspecified atom stereocenters. The zero-order valence-electron chi connectivity index (χ0n) is 5.22. The summed E-state index contributed by atoms with van der Waals surface area (Å²) in [5, 5.41) is 0. The van der Waals surface area contributed by atoms with Crippen molar-refractivity contribution in [3.05, 3.63) is 23.6 Å². The first-order valence-electron chi connectivity index (χ1n) is 2.90. The predicted molar refractivity (Wildman–Crippen MR) is 35.5 cm³/mol. The summed E-state index contributed by atoms with van der Waals surface area (Å²) in [6, 6.07) is 0. The van der Waals surface area contributed by atoms with Crippen molar-refractivity contribution in [2.45, 2.75) is 19.8 Å². The van der Waals surface area contributed by atoms with Crippen molar-refractivity contribution in [3.8, 4) is 0 Å². The van der Waals surface area contributed by atoms with Crippen molar-refractivity contribution in [1.82, 2.24) is 0 Å². The Morgan fingerprint density at radius 1 is 1.50 bits per heavy atom. The van der Waals surface area contributed by atoms with Crippen molar-refractivity contribution in [1.29, 1.82) is 0 Å². The van der Waals surface area contributed by atoms with E-state index >= 15 is 0 Å². The monoisotopic (exact) mass is 109 g/mol. The lowest BCUT2D eigenvalue weighted by atomic mass is 10.3. The van der Waals surface area contributed by atoms with Crippen LogP contribution in [0.5, 0.6) is 0 Å². The van der Waals surface area contributed by atoms with Gasteiger partial charge in [0.15, 0.2) is 0 Å². The summed E-state index contributed by atoms with van der Waals surface area (Å²) in [5.74, 6) is 0. The number of allylic oxidation sites excluding steroid dienone is 1. The third-order valence-electron chi connectivity index (χ3n) is 0.810. The third kappa shape index (κ3) is 5.23. The molecule has 8 heavy (non-hydrogen) atoms. The molecular formula is C7H11N. The van der Waals surface area contributed by atoms with Crippen LogP contribution < -0.4 is 0 Å². The molecule has 0 saturated carbocycles. The van der Waals surface area contributed by atoms with Crippen LogP contribution in [0.4, 0.5) is 0 Å². The Bertz CT molecular complexity index is 97.4. The van der Waals surface area contributed by atoms with E-state index < -0.39 is 0 Å². The normalized spacial score (nSPS) is 9.50. The predicted octanol–water partition coefficient (Wildman–Crippen LogP) is 2.26. The first-order chi connectivity index (χ1) is 3.91. The van der Waals surface area contributed by atoms with Crippen molar-refractivity contribution in [2.75, 3.05) is 6.54 Å². The molecule has 0 atom stereocenters. The van der Waals surface area contributed by atoms with Crippen molar-refractivity contribution in [3.63, 3.8) is 0 Å². The molecule has 0 rings (SSSR count). The Morgan fingerprint density at radius 2 is 2.25 bits per heavy atom. The van der Waals surface area contributed by atoms with E-state index in [4.69, 9.17) is 6.57 Å². The highest BCUT2D eigenvalue weighted by molar-refractivity contribution is 4.82. The minimum Gasteiger partial charge on any atom is -0.317 e. The van der Waals surface area contributed by atoms with Crippen LogP contribution in [0, 0.1) is 6.57 Å². The maximum atomic E-state index is 6.43. The fourth-order valence-electron chi connectivity index (χ4n) is 0.424. The smallest absolute Gasteiger partial charge is 0.218 e. The van der Waals surface area contributed by atoms with Gasteiger partial charge in [-0.15, -0.1) is 0 Å². The van der Waals surface area contributed by atoms with Crippen LogP contribution in [0.25, 0.3) is 4.85 Å². The first-order valence-corrected chi connectivity index (χ1v) is 2.90. The maximum Gasteiger partial charge on any atom is 0.218 e. The lowest BCUT2D eigenvalue weighted by Gasteiger charge is -1.76. The molecule has 1 nitrogen and oxygen atoms in total. The van der Waals surface area contributed by atoms with Crippen LogP contribution >= 0.6 is 0 Å². The molecule has 1 heteroatoms. The van der Waals surface area contributed by atoms with E-state index in [1.165, 1.54) is 0 Å². The fourth-order valence-corrected chi connectivity index (χ4v) is 0.424. The van der Waals surface area contributed by atoms with Gasteiger partial charge in [-0.25, -0.2) is 6.57 Å². The van der Waals surface area contributed by atoms with Crippen molar-refractivity contribution in [2.24, 2.45) is 0 Å². The molecule has 44 valence electrons. The molecule has 0 fully saturated rings. The summed E-state index contributed by atoms with van der Waals surface area (Å²) in [6.45, 7) is 9.16. The summed E-state index contributed by atoms with van der Waals surface area (Å²) >= 11 is 0. The minimum atomic E-state index is 0.635. The van der Waals surface area contributed by atoms with Gasteiger partial charge in [-0.05, 0) is 6.42 Å². The SMILES string of the molecule is [C-]#[N+]CC/C=C/CC. The summed E-state index contributed by atoms with van der Waals surface area (Å²) in [7, 11) is 0. The quantitative estimate of drug-likeness (QED) is 0.297. The third-order valence-corrected chi connectivity index (χ3v) is 0.810. The number of nitrogens with zero attached hydrogens (tertiary/aromatic N) is 1. The second kappa shape index (κ2) is 6.23. The number of hydrogen-bond donors (Lipinski definition) is 0. The van der Waals surface area contributed by atoms with Crippen LogP contribution in [0.3, 0.4) is 0 Å². The van der Waals surface area contributed by atoms with E-state index in [0.29, 0.717) is 6.54 Å². The first kappa shape index (κ1) is 7.23. The summed E-state index contributed by atoms with van der Waals surface area (Å²) in [4.78, 5) is 3.21. The van der Waals surface area contributed by atoms with E-state index in [9.17, 15) is 0 Å². The highest BCUT2D eigenvalue weighted by Gasteiger charge is 1.76. The number of rotatable bonds is 3. The standard InChI is InChI=1S/C7H11N/c1-3-4-5-6-7-8-2/h4-5H,3,6-7H2,1H3/b5-4+. The molecule has 0 amide bonds. The van der Waals surface area contributed by atoms with Gasteiger partial charge in [-0.2, -0.15) is 0 Å². The van der Waals surface area contributed by atoms with Crippen LogP contribution in [0.2, 0.25) is 0 Å². The molecule has 0 bridgehead atoms. The van der Waals surface area contributed by atoms with Crippen LogP contribution in [0.15, 0.2) is 12.2 Å². The van der Waals surface area contributed by atoms with E-state index in [1.807, 2.05) is 0 Å². The van der Waals surface area contributed by atoms with Gasteiger partial charge in [0.25, 0.3) is 0 Å². The average molecular weight is 109 g/mol. The van der Waals surface area contributed by atoms with Gasteiger partial charge in [0.2, 0.25) is 6.54 Å². The van der Waals surface area contributed by atoms with Crippen LogP contribution in [-0.4, -0.2) is 6.54 Å². The van der Waals surface area contributed by atoms with Gasteiger partial charge < -0.3 is 4.85 Å². The Morgan fingerprint density at radius 3 is 2.75 bits per heavy atom. The minimum absolute atomic E-state index is 0.635. The van der Waals surface area contributed by atoms with Gasteiger partial charge in [0.1, 0.15) is 0 Å². The zero-order valence-corrected chi connectivity index (χ0v) is 5.22. The summed E-state index contributed by atoms with van der Waals surface area (Å²) in [6.07, 6.45) is 6.14. The molecule has 0 aliphatic rings. The molecule has 0 spiro atoms. The number of hydrogen-bond acceptors (Lipinski definition) is 0. The lowest BCUT2D eigenvalue weighted by molar-refractivity contribution is 1.11.